The Kier molecular flexibility index (Phi) is 5.45. The zero-order valence-electron chi connectivity index (χ0n) is 19.0. The number of carbonyl (C=O) groups is 2. The van der Waals surface area contributed by atoms with Gasteiger partial charge in [0.1, 0.15) is 17.8 Å². The maximum absolute atomic E-state index is 13.2. The number of carbonyl (C=O) groups excluding carboxylic acids is 2. The number of urea groups is 1. The number of pyridine rings is 1. The largest absolute Gasteiger partial charge is 0.336 e. The first kappa shape index (κ1) is 21.6. The Balaban J connectivity index is 1.31. The molecule has 2 fully saturated rings. The van der Waals surface area contributed by atoms with Crippen molar-refractivity contribution in [3.05, 3.63) is 54.4 Å². The molecule has 0 spiro atoms. The van der Waals surface area contributed by atoms with Crippen LogP contribution in [0.1, 0.15) is 30.2 Å². The fourth-order valence-electron chi connectivity index (χ4n) is 4.18. The van der Waals surface area contributed by atoms with E-state index in [4.69, 9.17) is 5.26 Å². The van der Waals surface area contributed by atoms with E-state index in [1.165, 1.54) is 0 Å². The van der Waals surface area contributed by atoms with Gasteiger partial charge in [0, 0.05) is 43.5 Å². The minimum Gasteiger partial charge on any atom is -0.336 e. The third-order valence-corrected chi connectivity index (χ3v) is 6.16. The van der Waals surface area contributed by atoms with Gasteiger partial charge in [0.25, 0.3) is 5.91 Å². The van der Waals surface area contributed by atoms with Crippen LogP contribution < -0.4 is 9.80 Å². The standard InChI is InChI=1S/C24H24N8O2/c1-16(2)32-15-26-28-22(32)20-4-3-5-21(27-20)31-11-10-30(24(31)34)19-8-6-18(7-9-19)23(33)29-13-17(12-25)14-29/h3-9,15-17H,10-11,13-14H2,1-2H3. The van der Waals surface area contributed by atoms with Crippen LogP contribution in [-0.4, -0.2) is 62.8 Å². The SMILES string of the molecule is CC(C)n1cnnc1-c1cccc(N2CCN(c3ccc(C(=O)N4CC(C#N)C4)cc3)C2=O)n1. The van der Waals surface area contributed by atoms with E-state index in [1.54, 1.807) is 45.3 Å². The predicted octanol–water partition coefficient (Wildman–Crippen LogP) is 2.96. The molecular weight excluding hydrogens is 432 g/mol. The van der Waals surface area contributed by atoms with Crippen molar-refractivity contribution < 1.29 is 9.59 Å². The zero-order chi connectivity index (χ0) is 23.8. The van der Waals surface area contributed by atoms with Gasteiger partial charge in [0.05, 0.1) is 12.0 Å². The lowest BCUT2D eigenvalue weighted by Gasteiger charge is -2.35. The first-order chi connectivity index (χ1) is 16.5. The molecule has 0 unspecified atom stereocenters. The van der Waals surface area contributed by atoms with Crippen LogP contribution in [0.5, 0.6) is 0 Å². The van der Waals surface area contributed by atoms with E-state index in [-0.39, 0.29) is 23.9 Å². The average Bonchev–Trinajstić information content (AvgIpc) is 3.46. The summed E-state index contributed by atoms with van der Waals surface area (Å²) in [5.41, 5.74) is 1.92. The molecule has 0 saturated carbocycles. The van der Waals surface area contributed by atoms with Gasteiger partial charge in [-0.15, -0.1) is 10.2 Å². The molecule has 2 aliphatic heterocycles. The Labute approximate surface area is 197 Å². The second-order valence-corrected chi connectivity index (χ2v) is 8.71. The number of aromatic nitrogens is 4. The third-order valence-electron chi connectivity index (χ3n) is 6.16. The number of anilines is 2. The van der Waals surface area contributed by atoms with Crippen LogP contribution in [0.2, 0.25) is 0 Å². The summed E-state index contributed by atoms with van der Waals surface area (Å²) >= 11 is 0. The topological polar surface area (TPSA) is 111 Å². The molecule has 0 N–H and O–H groups in total. The molecule has 2 aromatic heterocycles. The molecule has 5 rings (SSSR count). The molecule has 0 atom stereocenters. The van der Waals surface area contributed by atoms with Gasteiger partial charge in [-0.1, -0.05) is 6.07 Å². The van der Waals surface area contributed by atoms with Crippen molar-refractivity contribution >= 4 is 23.4 Å². The van der Waals surface area contributed by atoms with Crippen LogP contribution in [0, 0.1) is 17.2 Å². The molecule has 3 amide bonds. The van der Waals surface area contributed by atoms with Crippen LogP contribution >= 0.6 is 0 Å². The molecular formula is C24H24N8O2. The zero-order valence-corrected chi connectivity index (χ0v) is 19.0. The molecule has 10 heteroatoms. The number of rotatable bonds is 5. The van der Waals surface area contributed by atoms with Crippen molar-refractivity contribution in [2.45, 2.75) is 19.9 Å². The minimum absolute atomic E-state index is 0.0785. The van der Waals surface area contributed by atoms with Gasteiger partial charge in [0.15, 0.2) is 5.82 Å². The molecule has 3 aromatic rings. The van der Waals surface area contributed by atoms with Crippen molar-refractivity contribution in [1.82, 2.24) is 24.6 Å². The summed E-state index contributed by atoms with van der Waals surface area (Å²) in [4.78, 5) is 35.4. The Morgan fingerprint density at radius 1 is 1.09 bits per heavy atom. The molecule has 0 radical (unpaired) electrons. The van der Waals surface area contributed by atoms with E-state index in [1.807, 2.05) is 36.6 Å². The fraction of sp³-hybridized carbons (Fsp3) is 0.333. The van der Waals surface area contributed by atoms with Gasteiger partial charge in [-0.3, -0.25) is 14.6 Å². The molecule has 34 heavy (non-hydrogen) atoms. The number of hydrogen-bond donors (Lipinski definition) is 0. The van der Waals surface area contributed by atoms with E-state index in [0.29, 0.717) is 49.1 Å². The van der Waals surface area contributed by atoms with Gasteiger partial charge in [0.2, 0.25) is 0 Å². The highest BCUT2D eigenvalue weighted by atomic mass is 16.2. The summed E-state index contributed by atoms with van der Waals surface area (Å²) in [7, 11) is 0. The highest BCUT2D eigenvalue weighted by Crippen LogP contribution is 2.27. The first-order valence-electron chi connectivity index (χ1n) is 11.2. The van der Waals surface area contributed by atoms with Gasteiger partial charge in [-0.2, -0.15) is 5.26 Å². The quantitative estimate of drug-likeness (QED) is 0.584. The molecule has 2 saturated heterocycles. The lowest BCUT2D eigenvalue weighted by molar-refractivity contribution is 0.0577. The highest BCUT2D eigenvalue weighted by molar-refractivity contribution is 6.06. The van der Waals surface area contributed by atoms with Crippen molar-refractivity contribution in [1.29, 1.82) is 5.26 Å². The number of benzene rings is 1. The van der Waals surface area contributed by atoms with Gasteiger partial charge < -0.3 is 9.47 Å². The molecule has 0 aliphatic carbocycles. The lowest BCUT2D eigenvalue weighted by Crippen LogP contribution is -2.49. The maximum atomic E-state index is 13.2. The summed E-state index contributed by atoms with van der Waals surface area (Å²) in [5.74, 6) is 1.04. The Morgan fingerprint density at radius 2 is 1.82 bits per heavy atom. The summed E-state index contributed by atoms with van der Waals surface area (Å²) in [5, 5.41) is 17.1. The number of nitriles is 1. The van der Waals surface area contributed by atoms with E-state index in [0.717, 1.165) is 5.69 Å². The number of likely N-dealkylation sites (tertiary alicyclic amines) is 1. The number of hydrogen-bond acceptors (Lipinski definition) is 6. The van der Waals surface area contributed by atoms with Gasteiger partial charge >= 0.3 is 6.03 Å². The third kappa shape index (κ3) is 3.75. The van der Waals surface area contributed by atoms with Crippen LogP contribution in [0.3, 0.4) is 0 Å². The molecule has 4 heterocycles. The molecule has 10 nitrogen and oxygen atoms in total. The number of nitrogens with zero attached hydrogens (tertiary/aromatic N) is 8. The van der Waals surface area contributed by atoms with E-state index in [2.05, 4.69) is 21.3 Å². The predicted molar refractivity (Wildman–Crippen MR) is 125 cm³/mol. The second-order valence-electron chi connectivity index (χ2n) is 8.71. The fourth-order valence-corrected chi connectivity index (χ4v) is 4.18. The molecule has 172 valence electrons. The second kappa shape index (κ2) is 8.59. The lowest BCUT2D eigenvalue weighted by atomic mass is 10.0. The molecule has 0 bridgehead atoms. The van der Waals surface area contributed by atoms with Crippen LogP contribution in [0.4, 0.5) is 16.3 Å². The summed E-state index contributed by atoms with van der Waals surface area (Å²) < 4.78 is 1.94. The maximum Gasteiger partial charge on any atom is 0.330 e. The Bertz CT molecular complexity index is 1270. The summed E-state index contributed by atoms with van der Waals surface area (Å²) in [6.45, 7) is 6.03. The highest BCUT2D eigenvalue weighted by Gasteiger charge is 2.33. The van der Waals surface area contributed by atoms with Crippen molar-refractivity contribution in [3.63, 3.8) is 0 Å². The minimum atomic E-state index is -0.173. The van der Waals surface area contributed by atoms with Crippen LogP contribution in [-0.2, 0) is 0 Å². The molecule has 1 aromatic carbocycles. The summed E-state index contributed by atoms with van der Waals surface area (Å²) in [6, 6.07) is 14.7. The van der Waals surface area contributed by atoms with Crippen molar-refractivity contribution in [2.75, 3.05) is 36.0 Å². The summed E-state index contributed by atoms with van der Waals surface area (Å²) in [6.07, 6.45) is 1.68. The Morgan fingerprint density at radius 3 is 2.53 bits per heavy atom. The average molecular weight is 457 g/mol. The van der Waals surface area contributed by atoms with Crippen molar-refractivity contribution in [2.24, 2.45) is 5.92 Å². The van der Waals surface area contributed by atoms with E-state index >= 15 is 0 Å². The smallest absolute Gasteiger partial charge is 0.330 e. The van der Waals surface area contributed by atoms with Crippen LogP contribution in [0.25, 0.3) is 11.5 Å². The normalized spacial score (nSPS) is 16.2. The van der Waals surface area contributed by atoms with Crippen molar-refractivity contribution in [3.8, 4) is 17.6 Å². The monoisotopic (exact) mass is 456 g/mol. The van der Waals surface area contributed by atoms with E-state index < -0.39 is 0 Å². The van der Waals surface area contributed by atoms with Gasteiger partial charge in [-0.25, -0.2) is 9.78 Å². The first-order valence-corrected chi connectivity index (χ1v) is 11.2. The molecule has 2 aliphatic rings. The van der Waals surface area contributed by atoms with E-state index in [9.17, 15) is 9.59 Å². The Hall–Kier alpha value is -4.26. The van der Waals surface area contributed by atoms with Gasteiger partial charge in [-0.05, 0) is 50.2 Å². The number of amides is 3. The van der Waals surface area contributed by atoms with Crippen LogP contribution in [0.15, 0.2) is 48.8 Å².